The number of nitrogens with one attached hydrogen (secondary N) is 1. The first kappa shape index (κ1) is 14.0. The Hall–Kier alpha value is -1.39. The summed E-state index contributed by atoms with van der Waals surface area (Å²) in [6.07, 6.45) is 2.64. The van der Waals surface area contributed by atoms with E-state index in [0.717, 1.165) is 24.8 Å². The second-order valence-electron chi connectivity index (χ2n) is 5.10. The molecule has 1 fully saturated rings. The fourth-order valence-corrected chi connectivity index (χ4v) is 2.50. The molecule has 2 rings (SSSR count). The third-order valence-corrected chi connectivity index (χ3v) is 3.67. The second-order valence-corrected chi connectivity index (χ2v) is 5.10. The predicted molar refractivity (Wildman–Crippen MR) is 72.8 cm³/mol. The number of methoxy groups -OCH3 is 1. The summed E-state index contributed by atoms with van der Waals surface area (Å²) in [7, 11) is 1.65. The molecule has 1 saturated carbocycles. The van der Waals surface area contributed by atoms with Crippen molar-refractivity contribution in [1.82, 2.24) is 5.32 Å². The van der Waals surface area contributed by atoms with E-state index in [0.29, 0.717) is 18.7 Å². The molecule has 104 valence electrons. The molecule has 2 unspecified atom stereocenters. The summed E-state index contributed by atoms with van der Waals surface area (Å²) in [4.78, 5) is 12.0. The Kier molecular flexibility index (Phi) is 4.93. The van der Waals surface area contributed by atoms with Gasteiger partial charge in [0.1, 0.15) is 0 Å². The molecule has 1 aliphatic carbocycles. The van der Waals surface area contributed by atoms with E-state index in [4.69, 9.17) is 4.74 Å². The molecule has 1 amide bonds. The number of hydrogen-bond donors (Lipinski definition) is 2. The van der Waals surface area contributed by atoms with Crippen LogP contribution in [0.4, 0.5) is 0 Å². The number of carbonyl (C=O) groups excluding carboxylic acids is 1. The Labute approximate surface area is 113 Å². The number of benzene rings is 1. The van der Waals surface area contributed by atoms with Crippen LogP contribution in [-0.2, 0) is 11.3 Å². The van der Waals surface area contributed by atoms with Crippen LogP contribution in [0.15, 0.2) is 24.3 Å². The van der Waals surface area contributed by atoms with E-state index in [1.54, 1.807) is 19.2 Å². The molecule has 0 saturated heterocycles. The van der Waals surface area contributed by atoms with E-state index in [-0.39, 0.29) is 17.9 Å². The van der Waals surface area contributed by atoms with Gasteiger partial charge >= 0.3 is 0 Å². The number of aliphatic hydroxyl groups is 1. The summed E-state index contributed by atoms with van der Waals surface area (Å²) >= 11 is 0. The van der Waals surface area contributed by atoms with Crippen molar-refractivity contribution >= 4 is 5.91 Å². The summed E-state index contributed by atoms with van der Waals surface area (Å²) < 4.78 is 5.03. The molecule has 1 aromatic rings. The van der Waals surface area contributed by atoms with Gasteiger partial charge in [0, 0.05) is 25.1 Å². The summed E-state index contributed by atoms with van der Waals surface area (Å²) in [5.74, 6) is 0.125. The van der Waals surface area contributed by atoms with Gasteiger partial charge in [-0.1, -0.05) is 18.6 Å². The van der Waals surface area contributed by atoms with Gasteiger partial charge < -0.3 is 15.2 Å². The average molecular weight is 263 g/mol. The highest BCUT2D eigenvalue weighted by Crippen LogP contribution is 2.24. The number of rotatable bonds is 5. The van der Waals surface area contributed by atoms with E-state index >= 15 is 0 Å². The highest BCUT2D eigenvalue weighted by molar-refractivity contribution is 5.94. The van der Waals surface area contributed by atoms with Crippen molar-refractivity contribution in [3.63, 3.8) is 0 Å². The van der Waals surface area contributed by atoms with Crippen LogP contribution in [0, 0.1) is 5.92 Å². The zero-order valence-corrected chi connectivity index (χ0v) is 11.3. The van der Waals surface area contributed by atoms with Crippen LogP contribution in [0.3, 0.4) is 0 Å². The first-order valence-corrected chi connectivity index (χ1v) is 6.75. The minimum Gasteiger partial charge on any atom is -0.393 e. The van der Waals surface area contributed by atoms with Crippen molar-refractivity contribution in [3.8, 4) is 0 Å². The largest absolute Gasteiger partial charge is 0.393 e. The van der Waals surface area contributed by atoms with Crippen molar-refractivity contribution in [2.75, 3.05) is 13.7 Å². The zero-order chi connectivity index (χ0) is 13.7. The smallest absolute Gasteiger partial charge is 0.251 e. The molecule has 2 atom stereocenters. The summed E-state index contributed by atoms with van der Waals surface area (Å²) in [6, 6.07) is 7.38. The minimum atomic E-state index is -0.260. The lowest BCUT2D eigenvalue weighted by Crippen LogP contribution is -2.32. The van der Waals surface area contributed by atoms with Crippen LogP contribution in [0.2, 0.25) is 0 Å². The quantitative estimate of drug-likeness (QED) is 0.850. The van der Waals surface area contributed by atoms with Gasteiger partial charge in [0.25, 0.3) is 5.91 Å². The molecule has 0 heterocycles. The Morgan fingerprint density at radius 2 is 2.11 bits per heavy atom. The summed E-state index contributed by atoms with van der Waals surface area (Å²) in [6.45, 7) is 1.11. The molecule has 2 N–H and O–H groups in total. The van der Waals surface area contributed by atoms with Crippen LogP contribution in [0.1, 0.15) is 35.2 Å². The van der Waals surface area contributed by atoms with Crippen molar-refractivity contribution in [1.29, 1.82) is 0 Å². The molecule has 0 bridgehead atoms. The molecule has 1 aromatic carbocycles. The predicted octanol–water partition coefficient (Wildman–Crippen LogP) is 1.72. The number of aliphatic hydroxyl groups excluding tert-OH is 1. The first-order valence-electron chi connectivity index (χ1n) is 6.75. The van der Waals surface area contributed by atoms with E-state index in [1.807, 2.05) is 12.1 Å². The van der Waals surface area contributed by atoms with Crippen LogP contribution in [0.25, 0.3) is 0 Å². The topological polar surface area (TPSA) is 58.6 Å². The molecular formula is C15H21NO3. The fraction of sp³-hybridized carbons (Fsp3) is 0.533. The van der Waals surface area contributed by atoms with Gasteiger partial charge in [0.2, 0.25) is 0 Å². The van der Waals surface area contributed by atoms with Gasteiger partial charge in [-0.05, 0) is 30.5 Å². The number of amides is 1. The standard InChI is InChI=1S/C15H21NO3/c1-19-10-11-5-7-12(8-6-11)15(18)16-9-13-3-2-4-14(13)17/h5-8,13-14,17H,2-4,9-10H2,1H3,(H,16,18). The van der Waals surface area contributed by atoms with Crippen molar-refractivity contribution in [2.24, 2.45) is 5.92 Å². The molecule has 0 aromatic heterocycles. The molecule has 4 heteroatoms. The second kappa shape index (κ2) is 6.68. The SMILES string of the molecule is COCc1ccc(C(=O)NCC2CCCC2O)cc1. The molecule has 19 heavy (non-hydrogen) atoms. The van der Waals surface area contributed by atoms with Gasteiger partial charge in [-0.15, -0.1) is 0 Å². The molecule has 4 nitrogen and oxygen atoms in total. The van der Waals surface area contributed by atoms with Gasteiger partial charge in [0.05, 0.1) is 12.7 Å². The van der Waals surface area contributed by atoms with Crippen LogP contribution < -0.4 is 5.32 Å². The van der Waals surface area contributed by atoms with Crippen molar-refractivity contribution < 1.29 is 14.6 Å². The van der Waals surface area contributed by atoms with Crippen molar-refractivity contribution in [2.45, 2.75) is 32.0 Å². The third kappa shape index (κ3) is 3.78. The number of ether oxygens (including phenoxy) is 1. The Morgan fingerprint density at radius 3 is 2.68 bits per heavy atom. The minimum absolute atomic E-state index is 0.0805. The number of carbonyl (C=O) groups is 1. The highest BCUT2D eigenvalue weighted by atomic mass is 16.5. The van der Waals surface area contributed by atoms with E-state index in [9.17, 15) is 9.90 Å². The van der Waals surface area contributed by atoms with Crippen LogP contribution >= 0.6 is 0 Å². The molecule has 0 aliphatic heterocycles. The van der Waals surface area contributed by atoms with Gasteiger partial charge in [0.15, 0.2) is 0 Å². The van der Waals surface area contributed by atoms with Crippen molar-refractivity contribution in [3.05, 3.63) is 35.4 Å². The maximum atomic E-state index is 12.0. The number of hydrogen-bond acceptors (Lipinski definition) is 3. The monoisotopic (exact) mass is 263 g/mol. The maximum Gasteiger partial charge on any atom is 0.251 e. The lowest BCUT2D eigenvalue weighted by molar-refractivity contribution is 0.0916. The zero-order valence-electron chi connectivity index (χ0n) is 11.3. The molecular weight excluding hydrogens is 242 g/mol. The lowest BCUT2D eigenvalue weighted by atomic mass is 10.1. The van der Waals surface area contributed by atoms with Crippen LogP contribution in [-0.4, -0.2) is 30.8 Å². The highest BCUT2D eigenvalue weighted by Gasteiger charge is 2.25. The third-order valence-electron chi connectivity index (χ3n) is 3.67. The van der Waals surface area contributed by atoms with Gasteiger partial charge in [-0.25, -0.2) is 0 Å². The summed E-state index contributed by atoms with van der Waals surface area (Å²) in [5, 5.41) is 12.6. The van der Waals surface area contributed by atoms with E-state index in [2.05, 4.69) is 5.32 Å². The fourth-order valence-electron chi connectivity index (χ4n) is 2.50. The Balaban J connectivity index is 1.85. The van der Waals surface area contributed by atoms with Crippen LogP contribution in [0.5, 0.6) is 0 Å². The lowest BCUT2D eigenvalue weighted by Gasteiger charge is -2.15. The molecule has 0 radical (unpaired) electrons. The normalized spacial score (nSPS) is 22.4. The van der Waals surface area contributed by atoms with Gasteiger partial charge in [-0.2, -0.15) is 0 Å². The molecule has 1 aliphatic rings. The van der Waals surface area contributed by atoms with E-state index in [1.165, 1.54) is 0 Å². The van der Waals surface area contributed by atoms with Gasteiger partial charge in [-0.3, -0.25) is 4.79 Å². The first-order chi connectivity index (χ1) is 9.20. The average Bonchev–Trinajstić information content (AvgIpc) is 2.83. The Morgan fingerprint density at radius 1 is 1.37 bits per heavy atom. The Bertz CT molecular complexity index is 416. The van der Waals surface area contributed by atoms with E-state index < -0.39 is 0 Å². The summed E-state index contributed by atoms with van der Waals surface area (Å²) in [5.41, 5.74) is 1.69. The maximum absolute atomic E-state index is 12.0. The molecule has 0 spiro atoms.